The number of aliphatic hydroxyl groups excluding tert-OH is 2. The molecular weight excluding hydrogens is 408 g/mol. The van der Waals surface area contributed by atoms with Gasteiger partial charge in [-0.2, -0.15) is 0 Å². The molecule has 1 spiro atoms. The topological polar surface area (TPSA) is 53.0 Å². The maximum atomic E-state index is 11.4. The Bertz CT molecular complexity index is 867. The molecular formula is C30H50O3. The summed E-state index contributed by atoms with van der Waals surface area (Å²) in [6, 6.07) is 0. The van der Waals surface area contributed by atoms with E-state index in [1.807, 2.05) is 0 Å². The molecule has 5 saturated carbocycles. The average Bonchev–Trinajstić information content (AvgIpc) is 3.38. The van der Waals surface area contributed by atoms with Crippen molar-refractivity contribution in [1.29, 1.82) is 0 Å². The zero-order valence-electron chi connectivity index (χ0n) is 22.6. The van der Waals surface area contributed by atoms with Crippen LogP contribution in [0.3, 0.4) is 0 Å². The molecule has 2 N–H and O–H groups in total. The first kappa shape index (κ1) is 23.3. The standard InChI is InChI=1S/C30H50O3/c1-18(2)29-23(32)17-25(5)15-16-28(8)21(30(25,29)33-29)10-9-20-26(6)13-12-22(31)24(3,4)19(26)11-14-27(20,28)7/h18-23,31-32H,9-17H2,1-8H3/t19-,20+,21-,22-,23-,25-,26-,27+,28+,29+,30-/m0/s1. The fourth-order valence-corrected chi connectivity index (χ4v) is 12.4. The Kier molecular flexibility index (Phi) is 4.39. The number of rotatable bonds is 1. The van der Waals surface area contributed by atoms with Crippen LogP contribution in [0, 0.1) is 50.7 Å². The first-order valence-corrected chi connectivity index (χ1v) is 14.2. The van der Waals surface area contributed by atoms with Crippen LogP contribution in [-0.4, -0.2) is 33.6 Å². The van der Waals surface area contributed by atoms with Crippen molar-refractivity contribution in [2.24, 2.45) is 50.7 Å². The highest BCUT2D eigenvalue weighted by molar-refractivity contribution is 5.38. The van der Waals surface area contributed by atoms with Crippen LogP contribution >= 0.6 is 0 Å². The summed E-state index contributed by atoms with van der Waals surface area (Å²) in [7, 11) is 0. The minimum absolute atomic E-state index is 0.0118. The number of epoxide rings is 1. The summed E-state index contributed by atoms with van der Waals surface area (Å²) in [5, 5.41) is 22.3. The van der Waals surface area contributed by atoms with Crippen molar-refractivity contribution in [3.05, 3.63) is 0 Å². The van der Waals surface area contributed by atoms with Crippen molar-refractivity contribution < 1.29 is 14.9 Å². The van der Waals surface area contributed by atoms with Crippen LogP contribution in [0.5, 0.6) is 0 Å². The van der Waals surface area contributed by atoms with Gasteiger partial charge in [0.15, 0.2) is 0 Å². The van der Waals surface area contributed by atoms with E-state index in [0.717, 1.165) is 18.8 Å². The summed E-state index contributed by atoms with van der Waals surface area (Å²) in [5.41, 5.74) is 0.544. The molecule has 0 amide bonds. The van der Waals surface area contributed by atoms with E-state index >= 15 is 0 Å². The van der Waals surface area contributed by atoms with Crippen molar-refractivity contribution in [2.75, 3.05) is 0 Å². The molecule has 6 fully saturated rings. The van der Waals surface area contributed by atoms with Crippen LogP contribution < -0.4 is 0 Å². The quantitative estimate of drug-likeness (QED) is 0.450. The van der Waals surface area contributed by atoms with Crippen LogP contribution in [0.4, 0.5) is 0 Å². The second-order valence-corrected chi connectivity index (χ2v) is 15.6. The number of ether oxygens (including phenoxy) is 1. The molecule has 33 heavy (non-hydrogen) atoms. The van der Waals surface area contributed by atoms with E-state index in [1.54, 1.807) is 0 Å². The monoisotopic (exact) mass is 458 g/mol. The van der Waals surface area contributed by atoms with Gasteiger partial charge < -0.3 is 14.9 Å². The maximum absolute atomic E-state index is 11.4. The molecule has 1 saturated heterocycles. The van der Waals surface area contributed by atoms with Gasteiger partial charge in [-0.1, -0.05) is 55.4 Å². The molecule has 6 aliphatic rings. The molecule has 11 atom stereocenters. The Hall–Kier alpha value is -0.120. The highest BCUT2D eigenvalue weighted by Gasteiger charge is 2.90. The number of hydrogen-bond donors (Lipinski definition) is 2. The third-order valence-corrected chi connectivity index (χ3v) is 14.3. The second-order valence-electron chi connectivity index (χ2n) is 15.6. The summed E-state index contributed by atoms with van der Waals surface area (Å²) >= 11 is 0. The van der Waals surface area contributed by atoms with E-state index in [9.17, 15) is 10.2 Å². The Morgan fingerprint density at radius 1 is 0.697 bits per heavy atom. The lowest BCUT2D eigenvalue weighted by Crippen LogP contribution is -2.68. The smallest absolute Gasteiger partial charge is 0.127 e. The summed E-state index contributed by atoms with van der Waals surface area (Å²) in [5.74, 6) is 2.23. The van der Waals surface area contributed by atoms with Gasteiger partial charge in [0.2, 0.25) is 0 Å². The van der Waals surface area contributed by atoms with E-state index in [0.29, 0.717) is 28.6 Å². The van der Waals surface area contributed by atoms with E-state index in [2.05, 4.69) is 55.4 Å². The van der Waals surface area contributed by atoms with Crippen molar-refractivity contribution in [2.45, 2.75) is 137 Å². The zero-order valence-corrected chi connectivity index (χ0v) is 22.6. The molecule has 0 bridgehead atoms. The lowest BCUT2D eigenvalue weighted by Gasteiger charge is -2.72. The van der Waals surface area contributed by atoms with Gasteiger partial charge in [-0.25, -0.2) is 0 Å². The van der Waals surface area contributed by atoms with Gasteiger partial charge in [0.25, 0.3) is 0 Å². The van der Waals surface area contributed by atoms with Gasteiger partial charge in [-0.3, -0.25) is 0 Å². The minimum Gasteiger partial charge on any atom is -0.393 e. The minimum atomic E-state index is -0.324. The summed E-state index contributed by atoms with van der Waals surface area (Å²) in [6.45, 7) is 19.6. The Morgan fingerprint density at radius 2 is 1.33 bits per heavy atom. The number of aliphatic hydroxyl groups is 2. The van der Waals surface area contributed by atoms with E-state index in [-0.39, 0.29) is 39.7 Å². The molecule has 188 valence electrons. The van der Waals surface area contributed by atoms with Crippen LogP contribution in [-0.2, 0) is 4.74 Å². The van der Waals surface area contributed by atoms with Gasteiger partial charge in [0.1, 0.15) is 11.2 Å². The highest BCUT2D eigenvalue weighted by Crippen LogP contribution is 2.84. The van der Waals surface area contributed by atoms with Crippen LogP contribution in [0.25, 0.3) is 0 Å². The highest BCUT2D eigenvalue weighted by atomic mass is 16.7. The fourth-order valence-electron chi connectivity index (χ4n) is 12.4. The van der Waals surface area contributed by atoms with Gasteiger partial charge in [-0.15, -0.1) is 0 Å². The third kappa shape index (κ3) is 2.19. The predicted octanol–water partition coefficient (Wildman–Crippen LogP) is 6.35. The molecule has 0 unspecified atom stereocenters. The Morgan fingerprint density at radius 3 is 1.97 bits per heavy atom. The van der Waals surface area contributed by atoms with Crippen LogP contribution in [0.1, 0.15) is 113 Å². The largest absolute Gasteiger partial charge is 0.393 e. The molecule has 0 aromatic carbocycles. The molecule has 0 radical (unpaired) electrons. The van der Waals surface area contributed by atoms with Crippen molar-refractivity contribution in [3.63, 3.8) is 0 Å². The van der Waals surface area contributed by atoms with Crippen LogP contribution in [0.15, 0.2) is 0 Å². The molecule has 6 rings (SSSR count). The molecule has 1 heterocycles. The SMILES string of the molecule is CC(C)[C@]12O[C@]13[C@H]1CC[C@@H]4[C@@]5(C)CC[C@H](O)C(C)(C)[C@@H]5CC[C@@]4(C)[C@]1(C)CC[C@@]3(C)C[C@@H]2O. The predicted molar refractivity (Wildman–Crippen MR) is 132 cm³/mol. The van der Waals surface area contributed by atoms with Crippen molar-refractivity contribution >= 4 is 0 Å². The summed E-state index contributed by atoms with van der Waals surface area (Å²) < 4.78 is 6.96. The molecule has 3 heteroatoms. The molecule has 1 aliphatic heterocycles. The lowest BCUT2D eigenvalue weighted by molar-refractivity contribution is -0.249. The number of fused-ring (bicyclic) bond motifs is 5. The van der Waals surface area contributed by atoms with Gasteiger partial charge in [0, 0.05) is 5.41 Å². The second kappa shape index (κ2) is 6.23. The fraction of sp³-hybridized carbons (Fsp3) is 1.00. The molecule has 5 aliphatic carbocycles. The Labute approximate surface area is 202 Å². The van der Waals surface area contributed by atoms with E-state index in [4.69, 9.17) is 4.74 Å². The van der Waals surface area contributed by atoms with Crippen molar-refractivity contribution in [3.8, 4) is 0 Å². The lowest BCUT2D eigenvalue weighted by atomic mass is 9.32. The first-order valence-electron chi connectivity index (χ1n) is 14.2. The average molecular weight is 459 g/mol. The summed E-state index contributed by atoms with van der Waals surface area (Å²) in [4.78, 5) is 0. The van der Waals surface area contributed by atoms with E-state index < -0.39 is 0 Å². The zero-order chi connectivity index (χ0) is 24.0. The number of hydrogen-bond acceptors (Lipinski definition) is 3. The van der Waals surface area contributed by atoms with E-state index in [1.165, 1.54) is 44.9 Å². The van der Waals surface area contributed by atoms with Gasteiger partial charge in [0.05, 0.1) is 12.2 Å². The van der Waals surface area contributed by atoms with Crippen LogP contribution in [0.2, 0.25) is 0 Å². The third-order valence-electron chi connectivity index (χ3n) is 14.3. The Balaban J connectivity index is 1.43. The normalized spacial score (nSPS) is 63.2. The molecule has 0 aromatic heterocycles. The van der Waals surface area contributed by atoms with Crippen molar-refractivity contribution in [1.82, 2.24) is 0 Å². The first-order chi connectivity index (χ1) is 15.2. The summed E-state index contributed by atoms with van der Waals surface area (Å²) in [6.07, 6.45) is 10.1. The maximum Gasteiger partial charge on any atom is 0.127 e. The van der Waals surface area contributed by atoms with Gasteiger partial charge >= 0.3 is 0 Å². The van der Waals surface area contributed by atoms with Gasteiger partial charge in [-0.05, 0) is 103 Å². The molecule has 0 aromatic rings. The molecule has 3 nitrogen and oxygen atoms in total.